The summed E-state index contributed by atoms with van der Waals surface area (Å²) in [7, 11) is 1.91. The lowest BCUT2D eigenvalue weighted by atomic mass is 10.0. The first-order valence-electron chi connectivity index (χ1n) is 7.70. The van der Waals surface area contributed by atoms with Crippen LogP contribution in [0.25, 0.3) is 0 Å². The minimum atomic E-state index is -0.150. The van der Waals surface area contributed by atoms with E-state index in [4.69, 9.17) is 10.5 Å². The first-order chi connectivity index (χ1) is 10.2. The Bertz CT molecular complexity index is 620. The maximum Gasteiger partial charge on any atom is 0.142 e. The number of benzene rings is 1. The molecule has 0 saturated heterocycles. The van der Waals surface area contributed by atoms with Gasteiger partial charge in [-0.05, 0) is 48.9 Å². The van der Waals surface area contributed by atoms with Gasteiger partial charge in [0.2, 0.25) is 0 Å². The van der Waals surface area contributed by atoms with Crippen LogP contribution in [-0.2, 0) is 19.9 Å². The number of rotatable bonds is 5. The van der Waals surface area contributed by atoms with Gasteiger partial charge in [-0.25, -0.2) is 0 Å². The van der Waals surface area contributed by atoms with E-state index in [2.05, 4.69) is 30.2 Å². The van der Waals surface area contributed by atoms with Crippen LogP contribution in [0.3, 0.4) is 0 Å². The molecule has 1 aliphatic rings. The Kier molecular flexibility index (Phi) is 3.97. The summed E-state index contributed by atoms with van der Waals surface area (Å²) >= 11 is 0. The molecule has 0 bridgehead atoms. The van der Waals surface area contributed by atoms with Crippen LogP contribution in [0.4, 0.5) is 0 Å². The van der Waals surface area contributed by atoms with Crippen molar-refractivity contribution in [3.05, 3.63) is 47.3 Å². The summed E-state index contributed by atoms with van der Waals surface area (Å²) < 4.78 is 8.00. The molecule has 0 radical (unpaired) electrons. The lowest BCUT2D eigenvalue weighted by molar-refractivity contribution is 0.171. The number of aromatic nitrogens is 2. The van der Waals surface area contributed by atoms with E-state index < -0.39 is 0 Å². The Labute approximate surface area is 125 Å². The van der Waals surface area contributed by atoms with Gasteiger partial charge in [-0.3, -0.25) is 4.68 Å². The van der Waals surface area contributed by atoms with Crippen molar-refractivity contribution in [2.24, 2.45) is 12.8 Å². The fraction of sp³-hybridized carbons (Fsp3) is 0.471. The zero-order chi connectivity index (χ0) is 14.8. The summed E-state index contributed by atoms with van der Waals surface area (Å²) in [6.07, 6.45) is 8.13. The van der Waals surface area contributed by atoms with E-state index in [0.29, 0.717) is 0 Å². The quantitative estimate of drug-likeness (QED) is 0.919. The molecule has 0 spiro atoms. The Morgan fingerprint density at radius 1 is 1.33 bits per heavy atom. The molecule has 1 aromatic heterocycles. The molecule has 2 unspecified atom stereocenters. The van der Waals surface area contributed by atoms with Crippen molar-refractivity contribution >= 4 is 0 Å². The van der Waals surface area contributed by atoms with E-state index in [1.807, 2.05) is 19.4 Å². The molecule has 1 heterocycles. The molecule has 0 fully saturated rings. The second kappa shape index (κ2) is 5.90. The minimum absolute atomic E-state index is 0.0394. The number of nitrogens with zero attached hydrogens (tertiary/aromatic N) is 2. The van der Waals surface area contributed by atoms with Crippen molar-refractivity contribution in [2.45, 2.75) is 44.8 Å². The fourth-order valence-corrected chi connectivity index (χ4v) is 2.97. The van der Waals surface area contributed by atoms with Gasteiger partial charge in [0.1, 0.15) is 11.9 Å². The molecule has 1 aromatic carbocycles. The number of nitrogens with two attached hydrogens (primary N) is 1. The molecule has 0 saturated carbocycles. The van der Waals surface area contributed by atoms with Crippen molar-refractivity contribution < 1.29 is 4.74 Å². The van der Waals surface area contributed by atoms with Crippen LogP contribution in [-0.4, -0.2) is 15.8 Å². The third kappa shape index (κ3) is 2.95. The third-order valence-corrected chi connectivity index (χ3v) is 4.25. The molecular weight excluding hydrogens is 262 g/mol. The van der Waals surface area contributed by atoms with E-state index in [9.17, 15) is 0 Å². The van der Waals surface area contributed by atoms with Gasteiger partial charge < -0.3 is 10.5 Å². The molecule has 1 aliphatic carbocycles. The predicted molar refractivity (Wildman–Crippen MR) is 83.3 cm³/mol. The maximum atomic E-state index is 6.26. The summed E-state index contributed by atoms with van der Waals surface area (Å²) in [5, 5.41) is 4.23. The van der Waals surface area contributed by atoms with Crippen LogP contribution in [0.1, 0.15) is 42.6 Å². The van der Waals surface area contributed by atoms with Crippen LogP contribution in [0, 0.1) is 0 Å². The first-order valence-corrected chi connectivity index (χ1v) is 7.70. The standard InChI is InChI=1S/C17H23N3O/c1-3-16(18)17(14-10-19-20(2)11-14)21-15-8-7-12-5-4-6-13(12)9-15/h7-11,16-17H,3-6,18H2,1-2H3. The van der Waals surface area contributed by atoms with E-state index >= 15 is 0 Å². The van der Waals surface area contributed by atoms with Gasteiger partial charge in [-0.2, -0.15) is 5.10 Å². The van der Waals surface area contributed by atoms with Gasteiger partial charge in [0.05, 0.1) is 6.20 Å². The fourth-order valence-electron chi connectivity index (χ4n) is 2.97. The topological polar surface area (TPSA) is 53.1 Å². The second-order valence-electron chi connectivity index (χ2n) is 5.84. The third-order valence-electron chi connectivity index (χ3n) is 4.25. The lowest BCUT2D eigenvalue weighted by Gasteiger charge is -2.23. The smallest absolute Gasteiger partial charge is 0.142 e. The van der Waals surface area contributed by atoms with Gasteiger partial charge in [0.15, 0.2) is 0 Å². The summed E-state index contributed by atoms with van der Waals surface area (Å²) in [5.74, 6) is 0.911. The average molecular weight is 285 g/mol. The SMILES string of the molecule is CCC(N)C(Oc1ccc2c(c1)CCC2)c1cnn(C)c1. The number of aryl methyl sites for hydroxylation is 3. The van der Waals surface area contributed by atoms with Gasteiger partial charge in [-0.15, -0.1) is 0 Å². The van der Waals surface area contributed by atoms with E-state index in [1.165, 1.54) is 24.0 Å². The largest absolute Gasteiger partial charge is 0.484 e. The highest BCUT2D eigenvalue weighted by Crippen LogP contribution is 2.30. The van der Waals surface area contributed by atoms with Crippen molar-refractivity contribution in [2.75, 3.05) is 0 Å². The number of fused-ring (bicyclic) bond motifs is 1. The molecule has 0 aliphatic heterocycles. The molecule has 2 N–H and O–H groups in total. The van der Waals surface area contributed by atoms with E-state index in [1.54, 1.807) is 4.68 Å². The molecular formula is C17H23N3O. The molecule has 21 heavy (non-hydrogen) atoms. The van der Waals surface area contributed by atoms with Gasteiger partial charge in [0, 0.05) is 24.8 Å². The summed E-state index contributed by atoms with van der Waals surface area (Å²) in [5.41, 5.74) is 10.2. The highest BCUT2D eigenvalue weighted by molar-refractivity contribution is 5.38. The Hall–Kier alpha value is -1.81. The predicted octanol–water partition coefficient (Wildman–Crippen LogP) is 2.77. The number of hydrogen-bond donors (Lipinski definition) is 1. The molecule has 2 atom stereocenters. The lowest BCUT2D eigenvalue weighted by Crippen LogP contribution is -2.31. The Morgan fingerprint density at radius 2 is 2.14 bits per heavy atom. The normalized spacial score (nSPS) is 16.5. The monoisotopic (exact) mass is 285 g/mol. The molecule has 4 heteroatoms. The summed E-state index contributed by atoms with van der Waals surface area (Å²) in [6.45, 7) is 2.08. The van der Waals surface area contributed by atoms with Gasteiger partial charge in [0.25, 0.3) is 0 Å². The van der Waals surface area contributed by atoms with Gasteiger partial charge >= 0.3 is 0 Å². The van der Waals surface area contributed by atoms with Crippen molar-refractivity contribution in [3.8, 4) is 5.75 Å². The number of hydrogen-bond acceptors (Lipinski definition) is 3. The highest BCUT2D eigenvalue weighted by atomic mass is 16.5. The molecule has 0 amide bonds. The molecule has 112 valence electrons. The van der Waals surface area contributed by atoms with Crippen LogP contribution in [0.5, 0.6) is 5.75 Å². The number of ether oxygens (including phenoxy) is 1. The van der Waals surface area contributed by atoms with Crippen molar-refractivity contribution in [1.29, 1.82) is 0 Å². The molecule has 2 aromatic rings. The Balaban J connectivity index is 1.84. The van der Waals surface area contributed by atoms with Crippen LogP contribution in [0.2, 0.25) is 0 Å². The van der Waals surface area contributed by atoms with Crippen LogP contribution >= 0.6 is 0 Å². The first kappa shape index (κ1) is 14.1. The summed E-state index contributed by atoms with van der Waals surface area (Å²) in [4.78, 5) is 0. The average Bonchev–Trinajstić information content (AvgIpc) is 3.12. The minimum Gasteiger partial charge on any atom is -0.484 e. The maximum absolute atomic E-state index is 6.26. The molecule has 4 nitrogen and oxygen atoms in total. The zero-order valence-corrected chi connectivity index (χ0v) is 12.7. The van der Waals surface area contributed by atoms with Crippen LogP contribution in [0.15, 0.2) is 30.6 Å². The van der Waals surface area contributed by atoms with Crippen LogP contribution < -0.4 is 10.5 Å². The van der Waals surface area contributed by atoms with Gasteiger partial charge in [-0.1, -0.05) is 13.0 Å². The van der Waals surface area contributed by atoms with Crippen molar-refractivity contribution in [3.63, 3.8) is 0 Å². The summed E-state index contributed by atoms with van der Waals surface area (Å²) in [6, 6.07) is 6.39. The molecule has 3 rings (SSSR count). The van der Waals surface area contributed by atoms with E-state index in [-0.39, 0.29) is 12.1 Å². The Morgan fingerprint density at radius 3 is 2.86 bits per heavy atom. The van der Waals surface area contributed by atoms with Crippen molar-refractivity contribution in [1.82, 2.24) is 9.78 Å². The second-order valence-corrected chi connectivity index (χ2v) is 5.84. The van der Waals surface area contributed by atoms with E-state index in [0.717, 1.165) is 24.2 Å². The highest BCUT2D eigenvalue weighted by Gasteiger charge is 2.22. The zero-order valence-electron chi connectivity index (χ0n) is 12.7.